The summed E-state index contributed by atoms with van der Waals surface area (Å²) in [5.74, 6) is 0.0707. The van der Waals surface area contributed by atoms with Crippen molar-refractivity contribution < 1.29 is 4.79 Å². The van der Waals surface area contributed by atoms with Crippen LogP contribution in [-0.4, -0.2) is 25.5 Å². The molecule has 0 aliphatic heterocycles. The van der Waals surface area contributed by atoms with E-state index in [9.17, 15) is 4.79 Å². The van der Waals surface area contributed by atoms with E-state index in [-0.39, 0.29) is 11.0 Å². The van der Waals surface area contributed by atoms with Gasteiger partial charge in [0.25, 0.3) is 0 Å². The van der Waals surface area contributed by atoms with Crippen LogP contribution in [0.3, 0.4) is 0 Å². The van der Waals surface area contributed by atoms with Gasteiger partial charge in [0.05, 0.1) is 0 Å². The number of aryl methyl sites for hydroxylation is 2. The second kappa shape index (κ2) is 8.02. The SMILES string of the molecule is CCc1cccc2c(C(=O)[C@H](Sc3nncn3CC)c3ccccc3)c[nH]c12. The van der Waals surface area contributed by atoms with Gasteiger partial charge in [0.2, 0.25) is 0 Å². The van der Waals surface area contributed by atoms with Crippen LogP contribution < -0.4 is 0 Å². The number of H-pyrrole nitrogens is 1. The summed E-state index contributed by atoms with van der Waals surface area (Å²) in [5.41, 5.74) is 3.94. The van der Waals surface area contributed by atoms with Gasteiger partial charge in [-0.3, -0.25) is 4.79 Å². The fraction of sp³-hybridized carbons (Fsp3) is 0.227. The molecule has 0 spiro atoms. The molecule has 2 aromatic heterocycles. The Hall–Kier alpha value is -2.86. The van der Waals surface area contributed by atoms with Crippen molar-refractivity contribution in [2.24, 2.45) is 0 Å². The monoisotopic (exact) mass is 390 g/mol. The van der Waals surface area contributed by atoms with E-state index < -0.39 is 0 Å². The summed E-state index contributed by atoms with van der Waals surface area (Å²) in [4.78, 5) is 17.0. The number of aromatic amines is 1. The van der Waals surface area contributed by atoms with Crippen molar-refractivity contribution in [3.8, 4) is 0 Å². The van der Waals surface area contributed by atoms with Crippen LogP contribution in [-0.2, 0) is 13.0 Å². The fourth-order valence-corrected chi connectivity index (χ4v) is 4.56. The second-order valence-corrected chi connectivity index (χ2v) is 7.64. The molecule has 5 nitrogen and oxygen atoms in total. The minimum absolute atomic E-state index is 0.0707. The van der Waals surface area contributed by atoms with Gasteiger partial charge in [-0.2, -0.15) is 0 Å². The van der Waals surface area contributed by atoms with Crippen LogP contribution in [0.1, 0.15) is 40.6 Å². The van der Waals surface area contributed by atoms with E-state index in [1.165, 1.54) is 17.3 Å². The van der Waals surface area contributed by atoms with Gasteiger partial charge in [-0.05, 0) is 24.5 Å². The number of hydrogen-bond donors (Lipinski definition) is 1. The highest BCUT2D eigenvalue weighted by Crippen LogP contribution is 2.38. The molecule has 1 N–H and O–H groups in total. The Kier molecular flexibility index (Phi) is 5.30. The number of aromatic nitrogens is 4. The molecular weight excluding hydrogens is 368 g/mol. The van der Waals surface area contributed by atoms with Gasteiger partial charge in [-0.1, -0.05) is 67.2 Å². The maximum atomic E-state index is 13.6. The van der Waals surface area contributed by atoms with Gasteiger partial charge >= 0.3 is 0 Å². The zero-order chi connectivity index (χ0) is 19.5. The number of fused-ring (bicyclic) bond motifs is 1. The first-order valence-corrected chi connectivity index (χ1v) is 10.3. The van der Waals surface area contributed by atoms with E-state index in [0.29, 0.717) is 5.56 Å². The Morgan fingerprint density at radius 3 is 2.71 bits per heavy atom. The number of nitrogens with zero attached hydrogens (tertiary/aromatic N) is 3. The maximum absolute atomic E-state index is 13.6. The topological polar surface area (TPSA) is 63.6 Å². The Morgan fingerprint density at radius 1 is 1.14 bits per heavy atom. The number of Topliss-reactive ketones (excluding diaryl/α,β-unsaturated/α-hetero) is 1. The first-order valence-electron chi connectivity index (χ1n) is 9.45. The van der Waals surface area contributed by atoms with Crippen molar-refractivity contribution in [1.29, 1.82) is 0 Å². The van der Waals surface area contributed by atoms with E-state index in [4.69, 9.17) is 0 Å². The fourth-order valence-electron chi connectivity index (χ4n) is 3.42. The molecule has 1 atom stereocenters. The average molecular weight is 391 g/mol. The van der Waals surface area contributed by atoms with E-state index in [1.54, 1.807) is 6.33 Å². The molecule has 2 aromatic carbocycles. The number of benzene rings is 2. The highest BCUT2D eigenvalue weighted by molar-refractivity contribution is 8.00. The summed E-state index contributed by atoms with van der Waals surface area (Å²) in [6, 6.07) is 16.0. The number of thioether (sulfide) groups is 1. The van der Waals surface area contributed by atoms with Gasteiger partial charge in [0.1, 0.15) is 11.6 Å². The molecule has 6 heteroatoms. The number of nitrogens with one attached hydrogen (secondary N) is 1. The van der Waals surface area contributed by atoms with E-state index in [0.717, 1.165) is 34.6 Å². The predicted octanol–water partition coefficient (Wildman–Crippen LogP) is 5.06. The number of carbonyl (C=O) groups is 1. The molecule has 0 aliphatic rings. The summed E-state index contributed by atoms with van der Waals surface area (Å²) in [5, 5.41) is 9.57. The van der Waals surface area contributed by atoms with Crippen molar-refractivity contribution in [2.45, 2.75) is 37.2 Å². The molecule has 142 valence electrons. The van der Waals surface area contributed by atoms with Crippen LogP contribution >= 0.6 is 11.8 Å². The van der Waals surface area contributed by atoms with Crippen LogP contribution in [0, 0.1) is 0 Å². The first kappa shape index (κ1) is 18.5. The third kappa shape index (κ3) is 3.36. The lowest BCUT2D eigenvalue weighted by molar-refractivity contribution is 0.0991. The Labute approximate surface area is 168 Å². The van der Waals surface area contributed by atoms with Crippen LogP contribution in [0.25, 0.3) is 10.9 Å². The summed E-state index contributed by atoms with van der Waals surface area (Å²) < 4.78 is 1.96. The normalized spacial score (nSPS) is 12.4. The molecule has 2 heterocycles. The lowest BCUT2D eigenvalue weighted by Gasteiger charge is -2.15. The molecule has 4 rings (SSSR count). The summed E-state index contributed by atoms with van der Waals surface area (Å²) in [6.45, 7) is 4.92. The van der Waals surface area contributed by atoms with E-state index in [1.807, 2.05) is 60.2 Å². The molecule has 0 unspecified atom stereocenters. The van der Waals surface area contributed by atoms with Crippen molar-refractivity contribution in [3.63, 3.8) is 0 Å². The smallest absolute Gasteiger partial charge is 0.192 e. The number of rotatable bonds is 7. The van der Waals surface area contributed by atoms with Gasteiger partial charge in [0.15, 0.2) is 10.9 Å². The van der Waals surface area contributed by atoms with E-state index in [2.05, 4.69) is 28.2 Å². The molecule has 0 amide bonds. The van der Waals surface area contributed by atoms with Gasteiger partial charge in [-0.25, -0.2) is 0 Å². The Bertz CT molecular complexity index is 1100. The largest absolute Gasteiger partial charge is 0.360 e. The average Bonchev–Trinajstić information content (AvgIpc) is 3.38. The van der Waals surface area contributed by atoms with Crippen LogP contribution in [0.15, 0.2) is 66.2 Å². The van der Waals surface area contributed by atoms with Gasteiger partial charge < -0.3 is 9.55 Å². The lowest BCUT2D eigenvalue weighted by Crippen LogP contribution is -2.11. The molecule has 28 heavy (non-hydrogen) atoms. The van der Waals surface area contributed by atoms with Gasteiger partial charge in [0, 0.05) is 29.2 Å². The summed E-state index contributed by atoms with van der Waals surface area (Å²) in [6.07, 6.45) is 4.46. The zero-order valence-electron chi connectivity index (χ0n) is 15.9. The standard InChI is InChI=1S/C22H22N4OS/c1-3-15-11-8-12-17-18(13-23-19(15)17)20(27)21(16-9-6-5-7-10-16)28-22-25-24-14-26(22)4-2/h5-14,21,23H,3-4H2,1-2H3/t21-/m1/s1. The molecule has 0 aliphatic carbocycles. The van der Waals surface area contributed by atoms with Crippen molar-refractivity contribution in [2.75, 3.05) is 0 Å². The number of ketones is 1. The molecule has 0 saturated carbocycles. The van der Waals surface area contributed by atoms with Crippen molar-refractivity contribution >= 4 is 28.4 Å². The predicted molar refractivity (Wildman–Crippen MR) is 113 cm³/mol. The Morgan fingerprint density at radius 2 is 1.96 bits per heavy atom. The van der Waals surface area contributed by atoms with Gasteiger partial charge in [-0.15, -0.1) is 10.2 Å². The summed E-state index contributed by atoms with van der Waals surface area (Å²) in [7, 11) is 0. The molecule has 0 radical (unpaired) electrons. The third-order valence-electron chi connectivity index (χ3n) is 4.93. The minimum atomic E-state index is -0.389. The van der Waals surface area contributed by atoms with Crippen LogP contribution in [0.2, 0.25) is 0 Å². The summed E-state index contributed by atoms with van der Waals surface area (Å²) >= 11 is 1.45. The lowest BCUT2D eigenvalue weighted by atomic mass is 10.0. The quantitative estimate of drug-likeness (QED) is 0.354. The first-order chi connectivity index (χ1) is 13.7. The maximum Gasteiger partial charge on any atom is 0.192 e. The van der Waals surface area contributed by atoms with E-state index >= 15 is 0 Å². The number of para-hydroxylation sites is 1. The second-order valence-electron chi connectivity index (χ2n) is 6.57. The Balaban J connectivity index is 1.77. The molecule has 4 aromatic rings. The van der Waals surface area contributed by atoms with Crippen molar-refractivity contribution in [1.82, 2.24) is 19.7 Å². The van der Waals surface area contributed by atoms with Crippen molar-refractivity contribution in [3.05, 3.63) is 77.7 Å². The number of hydrogen-bond acceptors (Lipinski definition) is 4. The molecule has 0 fully saturated rings. The molecule has 0 saturated heterocycles. The minimum Gasteiger partial charge on any atom is -0.360 e. The number of carbonyl (C=O) groups excluding carboxylic acids is 1. The highest BCUT2D eigenvalue weighted by atomic mass is 32.2. The zero-order valence-corrected chi connectivity index (χ0v) is 16.7. The highest BCUT2D eigenvalue weighted by Gasteiger charge is 2.27. The van der Waals surface area contributed by atoms with Crippen LogP contribution in [0.4, 0.5) is 0 Å². The van der Waals surface area contributed by atoms with Crippen LogP contribution in [0.5, 0.6) is 0 Å². The molecule has 0 bridgehead atoms. The molecular formula is C22H22N4OS. The third-order valence-corrected chi connectivity index (χ3v) is 6.18.